The van der Waals surface area contributed by atoms with Crippen LogP contribution in [0.4, 0.5) is 0 Å². The highest BCUT2D eigenvalue weighted by atomic mass is 35.5. The number of aliphatic hydroxyl groups excluding tert-OH is 1. The topological polar surface area (TPSA) is 47.3 Å². The van der Waals surface area contributed by atoms with Crippen molar-refractivity contribution in [2.24, 2.45) is 7.05 Å². The zero-order chi connectivity index (χ0) is 13.1. The Labute approximate surface area is 115 Å². The van der Waals surface area contributed by atoms with Gasteiger partial charge >= 0.3 is 0 Å². The number of hydrogen-bond acceptors (Lipinski definition) is 3. The van der Waals surface area contributed by atoms with Crippen LogP contribution in [0, 0.1) is 0 Å². The van der Waals surface area contributed by atoms with Crippen molar-refractivity contribution in [3.63, 3.8) is 0 Å². The molecule has 96 valence electrons. The van der Waals surface area contributed by atoms with Gasteiger partial charge in [0.2, 0.25) is 0 Å². The van der Waals surface area contributed by atoms with E-state index in [4.69, 9.17) is 27.9 Å². The molecular formula is C12H12Cl2N2O2. The molecule has 4 nitrogen and oxygen atoms in total. The molecule has 2 rings (SSSR count). The summed E-state index contributed by atoms with van der Waals surface area (Å²) in [5.74, 6) is 0.449. The summed E-state index contributed by atoms with van der Waals surface area (Å²) in [5, 5.41) is 10.1. The first-order chi connectivity index (χ1) is 8.61. The molecular weight excluding hydrogens is 275 g/mol. The van der Waals surface area contributed by atoms with E-state index >= 15 is 0 Å². The van der Waals surface area contributed by atoms with Crippen LogP contribution in [0.5, 0.6) is 5.75 Å². The lowest BCUT2D eigenvalue weighted by molar-refractivity contribution is 0.256. The fourth-order valence-electron chi connectivity index (χ4n) is 1.56. The van der Waals surface area contributed by atoms with Crippen LogP contribution in [0.3, 0.4) is 0 Å². The van der Waals surface area contributed by atoms with Crippen LogP contribution < -0.4 is 4.74 Å². The molecule has 1 aromatic carbocycles. The number of nitrogens with zero attached hydrogens (tertiary/aromatic N) is 2. The van der Waals surface area contributed by atoms with Crippen molar-refractivity contribution in [3.8, 4) is 5.75 Å². The third kappa shape index (κ3) is 2.77. The molecule has 18 heavy (non-hydrogen) atoms. The lowest BCUT2D eigenvalue weighted by Gasteiger charge is -2.12. The third-order valence-electron chi connectivity index (χ3n) is 2.54. The molecule has 0 amide bonds. The fourth-order valence-corrected chi connectivity index (χ4v) is 2.15. The Morgan fingerprint density at radius 1 is 1.39 bits per heavy atom. The minimum Gasteiger partial charge on any atom is -0.485 e. The van der Waals surface area contributed by atoms with Gasteiger partial charge in [0.25, 0.3) is 0 Å². The van der Waals surface area contributed by atoms with Crippen LogP contribution in [-0.2, 0) is 20.3 Å². The van der Waals surface area contributed by atoms with Gasteiger partial charge in [-0.3, -0.25) is 0 Å². The third-order valence-corrected chi connectivity index (χ3v) is 3.04. The van der Waals surface area contributed by atoms with Crippen LogP contribution in [0.25, 0.3) is 0 Å². The van der Waals surface area contributed by atoms with Crippen LogP contribution in [-0.4, -0.2) is 14.7 Å². The number of benzene rings is 1. The molecule has 2 aromatic rings. The van der Waals surface area contributed by atoms with Crippen LogP contribution in [0.2, 0.25) is 10.0 Å². The molecule has 1 aromatic heterocycles. The number of ether oxygens (including phenoxy) is 1. The maximum Gasteiger partial charge on any atom is 0.144 e. The van der Waals surface area contributed by atoms with Gasteiger partial charge in [0.15, 0.2) is 0 Å². The molecule has 0 atom stereocenters. The van der Waals surface area contributed by atoms with E-state index < -0.39 is 0 Å². The zero-order valence-electron chi connectivity index (χ0n) is 9.73. The number of rotatable bonds is 4. The Bertz CT molecular complexity index is 555. The molecule has 0 unspecified atom stereocenters. The van der Waals surface area contributed by atoms with Gasteiger partial charge < -0.3 is 14.4 Å². The van der Waals surface area contributed by atoms with Crippen molar-refractivity contribution in [2.45, 2.75) is 13.2 Å². The molecule has 0 spiro atoms. The second-order valence-corrected chi connectivity index (χ2v) is 4.66. The van der Waals surface area contributed by atoms with E-state index in [2.05, 4.69) is 4.98 Å². The highest BCUT2D eigenvalue weighted by Crippen LogP contribution is 2.33. The summed E-state index contributed by atoms with van der Waals surface area (Å²) in [6, 6.07) is 3.22. The molecule has 0 fully saturated rings. The molecule has 0 saturated carbocycles. The number of halogens is 2. The predicted octanol–water partition coefficient (Wildman–Crippen LogP) is 2.80. The zero-order valence-corrected chi connectivity index (χ0v) is 11.2. The average molecular weight is 287 g/mol. The molecule has 0 radical (unpaired) electrons. The second kappa shape index (κ2) is 5.61. The minimum atomic E-state index is -0.180. The molecule has 1 heterocycles. The van der Waals surface area contributed by atoms with Crippen molar-refractivity contribution in [1.29, 1.82) is 0 Å². The quantitative estimate of drug-likeness (QED) is 0.940. The van der Waals surface area contributed by atoms with Crippen molar-refractivity contribution in [1.82, 2.24) is 9.55 Å². The van der Waals surface area contributed by atoms with Gasteiger partial charge in [-0.2, -0.15) is 0 Å². The smallest absolute Gasteiger partial charge is 0.144 e. The molecule has 0 aliphatic heterocycles. The first-order valence-corrected chi connectivity index (χ1v) is 6.04. The first kappa shape index (κ1) is 13.2. The van der Waals surface area contributed by atoms with E-state index in [1.807, 2.05) is 11.6 Å². The SMILES string of the molecule is Cn1cncc1COc1c(Cl)cc(Cl)cc1CO. The number of aliphatic hydroxyl groups is 1. The van der Waals surface area contributed by atoms with Crippen molar-refractivity contribution in [3.05, 3.63) is 46.0 Å². The van der Waals surface area contributed by atoms with Crippen LogP contribution >= 0.6 is 23.2 Å². The number of imidazole rings is 1. The van der Waals surface area contributed by atoms with Crippen molar-refractivity contribution >= 4 is 23.2 Å². The largest absolute Gasteiger partial charge is 0.485 e. The van der Waals surface area contributed by atoms with E-state index in [-0.39, 0.29) is 6.61 Å². The minimum absolute atomic E-state index is 0.180. The van der Waals surface area contributed by atoms with Crippen molar-refractivity contribution in [2.75, 3.05) is 0 Å². The van der Waals surface area contributed by atoms with Gasteiger partial charge in [0, 0.05) is 17.6 Å². The normalized spacial score (nSPS) is 10.7. The Balaban J connectivity index is 2.21. The molecule has 0 aliphatic carbocycles. The van der Waals surface area contributed by atoms with Gasteiger partial charge in [-0.15, -0.1) is 0 Å². The molecule has 6 heteroatoms. The summed E-state index contributed by atoms with van der Waals surface area (Å²) in [7, 11) is 1.88. The Morgan fingerprint density at radius 3 is 2.78 bits per heavy atom. The number of aromatic nitrogens is 2. The maximum atomic E-state index is 9.26. The summed E-state index contributed by atoms with van der Waals surface area (Å²) in [6.45, 7) is 0.145. The average Bonchev–Trinajstić information content (AvgIpc) is 2.73. The second-order valence-electron chi connectivity index (χ2n) is 3.82. The molecule has 0 aliphatic rings. The highest BCUT2D eigenvalue weighted by molar-refractivity contribution is 6.35. The van der Waals surface area contributed by atoms with E-state index in [0.29, 0.717) is 28.0 Å². The van der Waals surface area contributed by atoms with Gasteiger partial charge in [0.1, 0.15) is 12.4 Å². The number of hydrogen-bond donors (Lipinski definition) is 1. The molecule has 0 bridgehead atoms. The molecule has 0 saturated heterocycles. The number of aryl methyl sites for hydroxylation is 1. The first-order valence-electron chi connectivity index (χ1n) is 5.28. The van der Waals surface area contributed by atoms with E-state index in [9.17, 15) is 5.11 Å². The van der Waals surface area contributed by atoms with Gasteiger partial charge in [-0.25, -0.2) is 4.98 Å². The van der Waals surface area contributed by atoms with Gasteiger partial charge in [-0.1, -0.05) is 23.2 Å². The Morgan fingerprint density at radius 2 is 2.17 bits per heavy atom. The van der Waals surface area contributed by atoms with E-state index in [0.717, 1.165) is 5.69 Å². The van der Waals surface area contributed by atoms with E-state index in [1.54, 1.807) is 24.7 Å². The van der Waals surface area contributed by atoms with Gasteiger partial charge in [-0.05, 0) is 12.1 Å². The summed E-state index contributed by atoms with van der Waals surface area (Å²) in [6.07, 6.45) is 3.40. The fraction of sp³-hybridized carbons (Fsp3) is 0.250. The summed E-state index contributed by atoms with van der Waals surface area (Å²) in [4.78, 5) is 3.99. The van der Waals surface area contributed by atoms with Gasteiger partial charge in [0.05, 0.1) is 29.8 Å². The Kier molecular flexibility index (Phi) is 4.11. The standard InChI is InChI=1S/C12H12Cl2N2O2/c1-16-7-15-4-10(16)6-18-12-8(5-17)2-9(13)3-11(12)14/h2-4,7,17H,5-6H2,1H3. The summed E-state index contributed by atoms with van der Waals surface area (Å²) >= 11 is 11.9. The summed E-state index contributed by atoms with van der Waals surface area (Å²) < 4.78 is 7.48. The Hall–Kier alpha value is -1.23. The van der Waals surface area contributed by atoms with Crippen LogP contribution in [0.1, 0.15) is 11.3 Å². The predicted molar refractivity (Wildman–Crippen MR) is 69.9 cm³/mol. The lowest BCUT2D eigenvalue weighted by atomic mass is 10.2. The highest BCUT2D eigenvalue weighted by Gasteiger charge is 2.11. The summed E-state index contributed by atoms with van der Waals surface area (Å²) in [5.41, 5.74) is 1.47. The van der Waals surface area contributed by atoms with Crippen LogP contribution in [0.15, 0.2) is 24.7 Å². The van der Waals surface area contributed by atoms with E-state index in [1.165, 1.54) is 0 Å². The van der Waals surface area contributed by atoms with Crippen molar-refractivity contribution < 1.29 is 9.84 Å². The monoisotopic (exact) mass is 286 g/mol. The maximum absolute atomic E-state index is 9.26. The lowest BCUT2D eigenvalue weighted by Crippen LogP contribution is -2.03. The molecule has 1 N–H and O–H groups in total.